The first-order valence-corrected chi connectivity index (χ1v) is 7.89. The fourth-order valence-electron chi connectivity index (χ4n) is 3.58. The molecule has 0 aromatic heterocycles. The molecule has 2 aromatic carbocycles. The second-order valence-electron chi connectivity index (χ2n) is 6.13. The molecule has 0 saturated carbocycles. The number of fused-ring (bicyclic) bond motifs is 2. The molecule has 1 unspecified atom stereocenters. The zero-order valence-corrected chi connectivity index (χ0v) is 13.0. The lowest BCUT2D eigenvalue weighted by Gasteiger charge is -2.22. The summed E-state index contributed by atoms with van der Waals surface area (Å²) in [6.45, 7) is 4.52. The molecule has 0 saturated heterocycles. The Kier molecular flexibility index (Phi) is 3.11. The summed E-state index contributed by atoms with van der Waals surface area (Å²) >= 11 is 0. The third-order valence-corrected chi connectivity index (χ3v) is 4.68. The van der Waals surface area contributed by atoms with Gasteiger partial charge >= 0.3 is 0 Å². The van der Waals surface area contributed by atoms with E-state index < -0.39 is 0 Å². The average Bonchev–Trinajstić information content (AvgIpc) is 2.56. The van der Waals surface area contributed by atoms with E-state index in [-0.39, 0.29) is 0 Å². The van der Waals surface area contributed by atoms with E-state index in [9.17, 15) is 0 Å². The highest BCUT2D eigenvalue weighted by atomic mass is 14.2. The van der Waals surface area contributed by atoms with Gasteiger partial charge in [-0.3, -0.25) is 0 Å². The number of hydrogen-bond acceptors (Lipinski definition) is 0. The van der Waals surface area contributed by atoms with E-state index in [2.05, 4.69) is 87.0 Å². The van der Waals surface area contributed by atoms with Crippen molar-refractivity contribution in [2.24, 2.45) is 5.92 Å². The molecular weight excluding hydrogens is 264 g/mol. The minimum absolute atomic E-state index is 0.430. The summed E-state index contributed by atoms with van der Waals surface area (Å²) in [7, 11) is 0. The smallest absolute Gasteiger partial charge is 0.0131 e. The van der Waals surface area contributed by atoms with Crippen molar-refractivity contribution in [2.75, 3.05) is 0 Å². The zero-order chi connectivity index (χ0) is 15.1. The van der Waals surface area contributed by atoms with E-state index >= 15 is 0 Å². The van der Waals surface area contributed by atoms with E-state index in [1.807, 2.05) is 0 Å². The Balaban J connectivity index is 2.21. The first-order valence-electron chi connectivity index (χ1n) is 7.89. The third-order valence-electron chi connectivity index (χ3n) is 4.68. The third kappa shape index (κ3) is 1.99. The maximum Gasteiger partial charge on any atom is 0.0131 e. The molecule has 0 heteroatoms. The van der Waals surface area contributed by atoms with Gasteiger partial charge in [0.2, 0.25) is 0 Å². The van der Waals surface area contributed by atoms with Gasteiger partial charge in [-0.25, -0.2) is 0 Å². The maximum atomic E-state index is 2.32. The first kappa shape index (κ1) is 13.3. The van der Waals surface area contributed by atoms with Gasteiger partial charge in [-0.05, 0) is 45.2 Å². The van der Waals surface area contributed by atoms with Gasteiger partial charge in [-0.2, -0.15) is 0 Å². The summed E-state index contributed by atoms with van der Waals surface area (Å²) in [5.74, 6) is 0.430. The summed E-state index contributed by atoms with van der Waals surface area (Å²) in [6, 6.07) is 13.2. The molecule has 1 radical (unpaired) electrons. The SMILES string of the molecule is Cc1ccc2c(/c1=C1/c3ccccc3C=CC1C)=CC=C[CH]2. The Morgan fingerprint density at radius 1 is 0.909 bits per heavy atom. The van der Waals surface area contributed by atoms with Crippen LogP contribution in [0.15, 0.2) is 54.6 Å². The quantitative estimate of drug-likeness (QED) is 0.690. The Morgan fingerprint density at radius 2 is 1.77 bits per heavy atom. The molecule has 2 aromatic rings. The van der Waals surface area contributed by atoms with Crippen molar-refractivity contribution in [3.8, 4) is 0 Å². The first-order chi connectivity index (χ1) is 10.8. The fraction of sp³-hybridized carbons (Fsp3) is 0.136. The van der Waals surface area contributed by atoms with Crippen molar-refractivity contribution in [2.45, 2.75) is 13.8 Å². The van der Waals surface area contributed by atoms with Gasteiger partial charge in [0.25, 0.3) is 0 Å². The lowest BCUT2D eigenvalue weighted by atomic mass is 9.82. The molecule has 1 atom stereocenters. The molecule has 0 aliphatic heterocycles. The van der Waals surface area contributed by atoms with Crippen LogP contribution in [0.5, 0.6) is 0 Å². The molecular formula is C22H19. The second-order valence-corrected chi connectivity index (χ2v) is 6.13. The molecule has 0 nitrogen and oxygen atoms in total. The Morgan fingerprint density at radius 3 is 2.68 bits per heavy atom. The van der Waals surface area contributed by atoms with Gasteiger partial charge in [0.1, 0.15) is 0 Å². The highest BCUT2D eigenvalue weighted by Gasteiger charge is 2.18. The molecule has 2 aliphatic carbocycles. The molecule has 0 fully saturated rings. The Hall–Kier alpha value is -2.34. The number of hydrogen-bond donors (Lipinski definition) is 0. The molecule has 0 N–H and O–H groups in total. The van der Waals surface area contributed by atoms with Crippen molar-refractivity contribution in [3.63, 3.8) is 0 Å². The molecule has 2 aliphatic rings. The molecule has 4 rings (SSSR count). The highest BCUT2D eigenvalue weighted by Crippen LogP contribution is 2.30. The number of allylic oxidation sites excluding steroid dienone is 3. The van der Waals surface area contributed by atoms with Gasteiger partial charge in [0.15, 0.2) is 0 Å². The summed E-state index contributed by atoms with van der Waals surface area (Å²) in [4.78, 5) is 0. The normalized spacial score (nSPS) is 21.1. The van der Waals surface area contributed by atoms with Gasteiger partial charge in [-0.1, -0.05) is 73.7 Å². The molecule has 0 amide bonds. The lowest BCUT2D eigenvalue weighted by Crippen LogP contribution is -2.35. The van der Waals surface area contributed by atoms with Crippen molar-refractivity contribution >= 4 is 17.7 Å². The second kappa shape index (κ2) is 5.14. The van der Waals surface area contributed by atoms with E-state index in [1.165, 1.54) is 38.3 Å². The fourth-order valence-corrected chi connectivity index (χ4v) is 3.58. The van der Waals surface area contributed by atoms with E-state index in [4.69, 9.17) is 0 Å². The maximum absolute atomic E-state index is 2.32. The van der Waals surface area contributed by atoms with E-state index in [1.54, 1.807) is 0 Å². The predicted octanol–water partition coefficient (Wildman–Crippen LogP) is 3.76. The van der Waals surface area contributed by atoms with Crippen molar-refractivity contribution < 1.29 is 0 Å². The van der Waals surface area contributed by atoms with Gasteiger partial charge in [0, 0.05) is 12.3 Å². The average molecular weight is 283 g/mol. The topological polar surface area (TPSA) is 0 Å². The lowest BCUT2D eigenvalue weighted by molar-refractivity contribution is 0.948. The van der Waals surface area contributed by atoms with Crippen LogP contribution < -0.4 is 10.4 Å². The van der Waals surface area contributed by atoms with Gasteiger partial charge in [-0.15, -0.1) is 0 Å². The molecule has 22 heavy (non-hydrogen) atoms. The number of rotatable bonds is 0. The monoisotopic (exact) mass is 283 g/mol. The van der Waals surface area contributed by atoms with Crippen LogP contribution in [0.1, 0.15) is 29.2 Å². The summed E-state index contributed by atoms with van der Waals surface area (Å²) in [6.07, 6.45) is 13.3. The van der Waals surface area contributed by atoms with Crippen LogP contribution in [-0.4, -0.2) is 0 Å². The van der Waals surface area contributed by atoms with Crippen LogP contribution in [0.4, 0.5) is 0 Å². The molecule has 0 heterocycles. The van der Waals surface area contributed by atoms with Crippen LogP contribution in [0.3, 0.4) is 0 Å². The van der Waals surface area contributed by atoms with Crippen LogP contribution in [-0.2, 0) is 0 Å². The molecule has 0 bridgehead atoms. The van der Waals surface area contributed by atoms with E-state index in [0.717, 1.165) is 0 Å². The standard InChI is InChI=1S/C22H19/c1-15-11-13-17-7-3-5-9-19(17)21(15)22-16(2)12-14-18-8-4-6-10-20(18)22/h3-15H,1-2H3/b22-21+. The van der Waals surface area contributed by atoms with Crippen molar-refractivity contribution in [1.82, 2.24) is 0 Å². The Bertz CT molecular complexity index is 923. The van der Waals surface area contributed by atoms with Crippen LogP contribution in [0.25, 0.3) is 17.7 Å². The highest BCUT2D eigenvalue weighted by molar-refractivity contribution is 5.81. The zero-order valence-electron chi connectivity index (χ0n) is 13.0. The number of aryl methyl sites for hydroxylation is 1. The van der Waals surface area contributed by atoms with E-state index in [0.29, 0.717) is 5.92 Å². The van der Waals surface area contributed by atoms with Gasteiger partial charge in [0.05, 0.1) is 0 Å². The summed E-state index contributed by atoms with van der Waals surface area (Å²) in [5, 5.41) is 2.76. The summed E-state index contributed by atoms with van der Waals surface area (Å²) in [5.41, 5.74) is 6.81. The largest absolute Gasteiger partial charge is 0.0766 e. The Labute approximate surface area is 131 Å². The van der Waals surface area contributed by atoms with Crippen LogP contribution >= 0.6 is 0 Å². The van der Waals surface area contributed by atoms with Crippen LogP contribution in [0.2, 0.25) is 0 Å². The minimum Gasteiger partial charge on any atom is -0.0766 e. The number of benzene rings is 2. The molecule has 107 valence electrons. The van der Waals surface area contributed by atoms with Crippen LogP contribution in [0, 0.1) is 19.3 Å². The van der Waals surface area contributed by atoms with Gasteiger partial charge < -0.3 is 0 Å². The minimum atomic E-state index is 0.430. The summed E-state index contributed by atoms with van der Waals surface area (Å²) < 4.78 is 0. The van der Waals surface area contributed by atoms with Crippen molar-refractivity contribution in [3.05, 3.63) is 93.7 Å². The predicted molar refractivity (Wildman–Crippen MR) is 94.6 cm³/mol. The molecule has 0 spiro atoms. The van der Waals surface area contributed by atoms with Crippen molar-refractivity contribution in [1.29, 1.82) is 0 Å².